The molecule has 0 unspecified atom stereocenters. The number of methoxy groups -OCH3 is 1. The Morgan fingerprint density at radius 3 is 2.78 bits per heavy atom. The summed E-state index contributed by atoms with van der Waals surface area (Å²) in [5.41, 5.74) is 0. The summed E-state index contributed by atoms with van der Waals surface area (Å²) in [7, 11) is 1.67. The first-order chi connectivity index (χ1) is 4.31. The summed E-state index contributed by atoms with van der Waals surface area (Å²) in [6.45, 7) is 5.86. The van der Waals surface area contributed by atoms with Crippen molar-refractivity contribution < 1.29 is 4.74 Å². The standard InChI is InChI=1S/C7H14OS/c1-4-9-6-5-7(2)8-3/h2,4-6H2,1,3H3. The van der Waals surface area contributed by atoms with Gasteiger partial charge < -0.3 is 4.74 Å². The maximum Gasteiger partial charge on any atom is 0.0892 e. The fourth-order valence-corrected chi connectivity index (χ4v) is 1.09. The number of rotatable bonds is 5. The molecule has 0 aromatic heterocycles. The molecule has 0 aliphatic rings. The smallest absolute Gasteiger partial charge is 0.0892 e. The Balaban J connectivity index is 2.97. The van der Waals surface area contributed by atoms with Crippen molar-refractivity contribution in [3.63, 3.8) is 0 Å². The molecule has 0 aromatic rings. The lowest BCUT2D eigenvalue weighted by Crippen LogP contribution is -1.87. The number of ether oxygens (including phenoxy) is 1. The van der Waals surface area contributed by atoms with Gasteiger partial charge in [0.1, 0.15) is 0 Å². The Hall–Kier alpha value is -0.110. The monoisotopic (exact) mass is 146 g/mol. The van der Waals surface area contributed by atoms with Crippen molar-refractivity contribution in [3.05, 3.63) is 12.3 Å². The molecule has 0 spiro atoms. The van der Waals surface area contributed by atoms with Gasteiger partial charge in [-0.1, -0.05) is 13.5 Å². The zero-order valence-electron chi connectivity index (χ0n) is 6.14. The molecular formula is C7H14OS. The zero-order valence-corrected chi connectivity index (χ0v) is 6.96. The van der Waals surface area contributed by atoms with Crippen molar-refractivity contribution in [2.24, 2.45) is 0 Å². The minimum Gasteiger partial charge on any atom is -0.502 e. The van der Waals surface area contributed by atoms with Crippen LogP contribution < -0.4 is 0 Å². The highest BCUT2D eigenvalue weighted by Crippen LogP contribution is 2.06. The van der Waals surface area contributed by atoms with Crippen LogP contribution in [0.15, 0.2) is 12.3 Å². The Bertz CT molecular complexity index is 81.0. The van der Waals surface area contributed by atoms with E-state index in [2.05, 4.69) is 13.5 Å². The van der Waals surface area contributed by atoms with Crippen molar-refractivity contribution in [2.75, 3.05) is 18.6 Å². The topological polar surface area (TPSA) is 9.23 Å². The summed E-state index contributed by atoms with van der Waals surface area (Å²) in [6.07, 6.45) is 0.981. The maximum atomic E-state index is 4.89. The molecule has 0 fully saturated rings. The summed E-state index contributed by atoms with van der Waals surface area (Å²) in [5.74, 6) is 3.19. The minimum atomic E-state index is 0.885. The molecule has 0 rings (SSSR count). The van der Waals surface area contributed by atoms with Crippen LogP contribution in [0.1, 0.15) is 13.3 Å². The molecule has 0 aliphatic heterocycles. The number of hydrogen-bond acceptors (Lipinski definition) is 2. The quantitative estimate of drug-likeness (QED) is 0.435. The largest absolute Gasteiger partial charge is 0.502 e. The second kappa shape index (κ2) is 6.02. The van der Waals surface area contributed by atoms with Gasteiger partial charge in [0.2, 0.25) is 0 Å². The van der Waals surface area contributed by atoms with Gasteiger partial charge in [0.05, 0.1) is 12.9 Å². The molecule has 0 amide bonds. The van der Waals surface area contributed by atoms with E-state index in [0.29, 0.717) is 0 Å². The molecule has 0 saturated heterocycles. The lowest BCUT2D eigenvalue weighted by Gasteiger charge is -2.01. The van der Waals surface area contributed by atoms with Gasteiger partial charge in [0.15, 0.2) is 0 Å². The van der Waals surface area contributed by atoms with E-state index in [-0.39, 0.29) is 0 Å². The maximum absolute atomic E-state index is 4.89. The van der Waals surface area contributed by atoms with E-state index in [9.17, 15) is 0 Å². The van der Waals surface area contributed by atoms with Gasteiger partial charge >= 0.3 is 0 Å². The van der Waals surface area contributed by atoms with E-state index in [1.54, 1.807) is 7.11 Å². The van der Waals surface area contributed by atoms with E-state index in [4.69, 9.17) is 4.74 Å². The van der Waals surface area contributed by atoms with E-state index in [1.165, 1.54) is 5.75 Å². The molecule has 0 saturated carbocycles. The van der Waals surface area contributed by atoms with Crippen LogP contribution >= 0.6 is 11.8 Å². The minimum absolute atomic E-state index is 0.885. The van der Waals surface area contributed by atoms with E-state index in [0.717, 1.165) is 17.9 Å². The van der Waals surface area contributed by atoms with Gasteiger partial charge in [-0.05, 0) is 5.75 Å². The van der Waals surface area contributed by atoms with Crippen LogP contribution in [0, 0.1) is 0 Å². The number of allylic oxidation sites excluding steroid dienone is 1. The molecule has 54 valence electrons. The molecule has 0 aromatic carbocycles. The van der Waals surface area contributed by atoms with Gasteiger partial charge in [-0.3, -0.25) is 0 Å². The molecular weight excluding hydrogens is 132 g/mol. The van der Waals surface area contributed by atoms with Gasteiger partial charge in [0.25, 0.3) is 0 Å². The van der Waals surface area contributed by atoms with Crippen LogP contribution in [0.2, 0.25) is 0 Å². The Morgan fingerprint density at radius 1 is 1.67 bits per heavy atom. The highest BCUT2D eigenvalue weighted by molar-refractivity contribution is 7.99. The predicted octanol–water partition coefficient (Wildman–Crippen LogP) is 2.29. The molecule has 0 N–H and O–H groups in total. The second-order valence-electron chi connectivity index (χ2n) is 1.69. The lowest BCUT2D eigenvalue weighted by molar-refractivity contribution is 0.283. The van der Waals surface area contributed by atoms with E-state index in [1.807, 2.05) is 11.8 Å². The highest BCUT2D eigenvalue weighted by atomic mass is 32.2. The summed E-state index contributed by atoms with van der Waals surface area (Å²) in [4.78, 5) is 0. The third-order valence-electron chi connectivity index (χ3n) is 1.02. The van der Waals surface area contributed by atoms with E-state index >= 15 is 0 Å². The lowest BCUT2D eigenvalue weighted by atomic mass is 10.4. The van der Waals surface area contributed by atoms with Crippen LogP contribution in [0.5, 0.6) is 0 Å². The second-order valence-corrected chi connectivity index (χ2v) is 3.08. The van der Waals surface area contributed by atoms with Gasteiger partial charge in [0, 0.05) is 12.2 Å². The van der Waals surface area contributed by atoms with Crippen LogP contribution in [-0.2, 0) is 4.74 Å². The molecule has 0 radical (unpaired) electrons. The van der Waals surface area contributed by atoms with Crippen LogP contribution in [-0.4, -0.2) is 18.6 Å². The molecule has 0 atom stereocenters. The first-order valence-electron chi connectivity index (χ1n) is 3.10. The van der Waals surface area contributed by atoms with Crippen LogP contribution in [0.25, 0.3) is 0 Å². The SMILES string of the molecule is C=C(CCSCC)OC. The Morgan fingerprint density at radius 2 is 2.33 bits per heavy atom. The average molecular weight is 146 g/mol. The zero-order chi connectivity index (χ0) is 7.11. The van der Waals surface area contributed by atoms with Crippen LogP contribution in [0.4, 0.5) is 0 Å². The Kier molecular flexibility index (Phi) is 5.94. The molecule has 1 nitrogen and oxygen atoms in total. The van der Waals surface area contributed by atoms with E-state index < -0.39 is 0 Å². The fraction of sp³-hybridized carbons (Fsp3) is 0.714. The number of thioether (sulfide) groups is 1. The molecule has 2 heteroatoms. The van der Waals surface area contributed by atoms with Crippen LogP contribution in [0.3, 0.4) is 0 Å². The van der Waals surface area contributed by atoms with Gasteiger partial charge in [-0.25, -0.2) is 0 Å². The molecule has 9 heavy (non-hydrogen) atoms. The summed E-state index contributed by atoms with van der Waals surface area (Å²) >= 11 is 1.91. The first-order valence-corrected chi connectivity index (χ1v) is 4.26. The van der Waals surface area contributed by atoms with Crippen molar-refractivity contribution in [1.29, 1.82) is 0 Å². The normalized spacial score (nSPS) is 9.11. The highest BCUT2D eigenvalue weighted by Gasteiger charge is 1.89. The van der Waals surface area contributed by atoms with Crippen molar-refractivity contribution in [2.45, 2.75) is 13.3 Å². The van der Waals surface area contributed by atoms with Gasteiger partial charge in [-0.2, -0.15) is 11.8 Å². The molecule has 0 aliphatic carbocycles. The fourth-order valence-electron chi connectivity index (χ4n) is 0.432. The summed E-state index contributed by atoms with van der Waals surface area (Å²) in [5, 5.41) is 0. The summed E-state index contributed by atoms with van der Waals surface area (Å²) < 4.78 is 4.89. The third kappa shape index (κ3) is 5.77. The van der Waals surface area contributed by atoms with Crippen molar-refractivity contribution >= 4 is 11.8 Å². The van der Waals surface area contributed by atoms with Crippen molar-refractivity contribution in [3.8, 4) is 0 Å². The summed E-state index contributed by atoms with van der Waals surface area (Å²) in [6, 6.07) is 0. The molecule has 0 heterocycles. The van der Waals surface area contributed by atoms with Crippen molar-refractivity contribution in [1.82, 2.24) is 0 Å². The third-order valence-corrected chi connectivity index (χ3v) is 1.92. The first kappa shape index (κ1) is 8.89. The predicted molar refractivity (Wildman–Crippen MR) is 43.8 cm³/mol. The molecule has 0 bridgehead atoms. The van der Waals surface area contributed by atoms with Gasteiger partial charge in [-0.15, -0.1) is 0 Å². The average Bonchev–Trinajstić information content (AvgIpc) is 1.89. The number of hydrogen-bond donors (Lipinski definition) is 0. The Labute approximate surface area is 61.5 Å².